The maximum atomic E-state index is 14.3. The van der Waals surface area contributed by atoms with Gasteiger partial charge in [0, 0.05) is 18.1 Å². The molecule has 1 aliphatic carbocycles. The fraction of sp³-hybridized carbons (Fsp3) is 0.296. The van der Waals surface area contributed by atoms with Crippen LogP contribution in [-0.2, 0) is 25.3 Å². The van der Waals surface area contributed by atoms with Crippen LogP contribution in [0.15, 0.2) is 84.9 Å². The van der Waals surface area contributed by atoms with E-state index < -0.39 is 23.9 Å². The number of hydrogen-bond donors (Lipinski definition) is 0. The predicted octanol–water partition coefficient (Wildman–Crippen LogP) is 6.47. The maximum absolute atomic E-state index is 14.3. The van der Waals surface area contributed by atoms with Crippen LogP contribution < -0.4 is 0 Å². The van der Waals surface area contributed by atoms with Crippen LogP contribution in [0.4, 0.5) is 13.2 Å². The number of fused-ring (bicyclic) bond motifs is 1. The van der Waals surface area contributed by atoms with Crippen molar-refractivity contribution in [1.29, 1.82) is 0 Å². The van der Waals surface area contributed by atoms with Crippen LogP contribution in [0.5, 0.6) is 0 Å². The van der Waals surface area contributed by atoms with Gasteiger partial charge in [0.15, 0.2) is 0 Å². The Labute approximate surface area is 191 Å². The highest BCUT2D eigenvalue weighted by Crippen LogP contribution is 2.49. The first-order valence-corrected chi connectivity index (χ1v) is 10.8. The second kappa shape index (κ2) is 8.67. The van der Waals surface area contributed by atoms with Gasteiger partial charge in [0.1, 0.15) is 6.10 Å². The molecule has 3 nitrogen and oxygen atoms in total. The predicted molar refractivity (Wildman–Crippen MR) is 119 cm³/mol. The standard InChI is InChI=1S/C27H25F3O3/c1-25(19-11-5-3-6-12-19)18-17-23(21-15-9-10-16-22(21)25)33-24(31)26(32-2,27(28,29)30)20-13-7-4-8-14-20/h3-16,23H,17-18H2,1-2H3/t23-,25-,26+/m0/s1. The van der Waals surface area contributed by atoms with Crippen molar-refractivity contribution in [1.82, 2.24) is 0 Å². The second-order valence-electron chi connectivity index (χ2n) is 8.47. The van der Waals surface area contributed by atoms with Gasteiger partial charge in [-0.1, -0.05) is 91.9 Å². The first-order valence-electron chi connectivity index (χ1n) is 10.8. The Kier molecular flexibility index (Phi) is 6.06. The first-order chi connectivity index (χ1) is 15.7. The molecule has 0 saturated heterocycles. The number of methoxy groups -OCH3 is 1. The van der Waals surface area contributed by atoms with E-state index in [4.69, 9.17) is 9.47 Å². The van der Waals surface area contributed by atoms with Crippen molar-refractivity contribution in [3.8, 4) is 0 Å². The Morgan fingerprint density at radius 2 is 1.48 bits per heavy atom. The Bertz CT molecular complexity index is 1110. The monoisotopic (exact) mass is 454 g/mol. The molecule has 1 aliphatic rings. The number of rotatable bonds is 5. The SMILES string of the molecule is CO[C@@](C(=O)O[C@H]1CC[C@@](C)(c2ccccc2)c2ccccc21)(c1ccccc1)C(F)(F)F. The van der Waals surface area contributed by atoms with Crippen molar-refractivity contribution in [2.45, 2.75) is 43.1 Å². The van der Waals surface area contributed by atoms with Crippen LogP contribution in [0.25, 0.3) is 0 Å². The highest BCUT2D eigenvalue weighted by Gasteiger charge is 2.64. The molecule has 3 atom stereocenters. The van der Waals surface area contributed by atoms with Gasteiger partial charge in [-0.15, -0.1) is 0 Å². The zero-order valence-corrected chi connectivity index (χ0v) is 18.4. The van der Waals surface area contributed by atoms with E-state index in [-0.39, 0.29) is 11.0 Å². The number of halogens is 3. The van der Waals surface area contributed by atoms with E-state index in [9.17, 15) is 18.0 Å². The molecule has 0 fully saturated rings. The molecule has 0 saturated carbocycles. The topological polar surface area (TPSA) is 35.5 Å². The number of benzene rings is 3. The number of ether oxygens (including phenoxy) is 2. The van der Waals surface area contributed by atoms with Gasteiger partial charge >= 0.3 is 12.1 Å². The summed E-state index contributed by atoms with van der Waals surface area (Å²) < 4.78 is 53.3. The minimum atomic E-state index is -5.01. The third kappa shape index (κ3) is 3.82. The molecule has 0 bridgehead atoms. The number of hydrogen-bond acceptors (Lipinski definition) is 3. The second-order valence-corrected chi connectivity index (χ2v) is 8.47. The molecule has 0 aromatic heterocycles. The Balaban J connectivity index is 1.73. The summed E-state index contributed by atoms with van der Waals surface area (Å²) in [5.41, 5.74) is -1.11. The van der Waals surface area contributed by atoms with Gasteiger partial charge in [-0.3, -0.25) is 0 Å². The van der Waals surface area contributed by atoms with Crippen LogP contribution in [0, 0.1) is 0 Å². The normalized spacial score (nSPS) is 22.2. The van der Waals surface area contributed by atoms with Gasteiger partial charge in [-0.05, 0) is 29.5 Å². The minimum Gasteiger partial charge on any atom is -0.455 e. The lowest BCUT2D eigenvalue weighted by atomic mass is 9.66. The zero-order valence-electron chi connectivity index (χ0n) is 18.4. The molecular weight excluding hydrogens is 429 g/mol. The van der Waals surface area contributed by atoms with E-state index >= 15 is 0 Å². The smallest absolute Gasteiger partial charge is 0.432 e. The first kappa shape index (κ1) is 23.1. The van der Waals surface area contributed by atoms with Gasteiger partial charge in [-0.2, -0.15) is 13.2 Å². The molecule has 33 heavy (non-hydrogen) atoms. The van der Waals surface area contributed by atoms with Crippen LogP contribution >= 0.6 is 0 Å². The average molecular weight is 454 g/mol. The molecule has 0 unspecified atom stereocenters. The van der Waals surface area contributed by atoms with Crippen LogP contribution in [-0.4, -0.2) is 19.3 Å². The van der Waals surface area contributed by atoms with Gasteiger partial charge in [0.05, 0.1) is 0 Å². The van der Waals surface area contributed by atoms with Crippen LogP contribution in [0.2, 0.25) is 0 Å². The number of carbonyl (C=O) groups is 1. The maximum Gasteiger partial charge on any atom is 0.432 e. The summed E-state index contributed by atoms with van der Waals surface area (Å²) in [6.07, 6.45) is -4.82. The lowest BCUT2D eigenvalue weighted by Gasteiger charge is -2.41. The third-order valence-electron chi connectivity index (χ3n) is 6.64. The molecule has 0 heterocycles. The van der Waals surface area contributed by atoms with Crippen molar-refractivity contribution < 1.29 is 27.4 Å². The van der Waals surface area contributed by atoms with E-state index in [1.54, 1.807) is 12.1 Å². The number of esters is 1. The minimum absolute atomic E-state index is 0.316. The molecule has 0 N–H and O–H groups in total. The highest BCUT2D eigenvalue weighted by molar-refractivity contribution is 5.83. The van der Waals surface area contributed by atoms with E-state index in [1.165, 1.54) is 24.3 Å². The van der Waals surface area contributed by atoms with Crippen molar-refractivity contribution in [3.63, 3.8) is 0 Å². The molecule has 3 aromatic rings. The summed E-state index contributed by atoms with van der Waals surface area (Å²) in [6.45, 7) is 2.11. The molecular formula is C27H25F3O3. The summed E-state index contributed by atoms with van der Waals surface area (Å²) in [5, 5.41) is 0. The molecule has 6 heteroatoms. The highest BCUT2D eigenvalue weighted by atomic mass is 19.4. The molecule has 172 valence electrons. The zero-order chi connectivity index (χ0) is 23.7. The lowest BCUT2D eigenvalue weighted by Crippen LogP contribution is -2.52. The Hall–Kier alpha value is -3.12. The fourth-order valence-corrected chi connectivity index (χ4v) is 4.82. The van der Waals surface area contributed by atoms with Crippen molar-refractivity contribution in [2.24, 2.45) is 0 Å². The van der Waals surface area contributed by atoms with Crippen molar-refractivity contribution >= 4 is 5.97 Å². The third-order valence-corrected chi connectivity index (χ3v) is 6.64. The lowest BCUT2D eigenvalue weighted by molar-refractivity contribution is -0.278. The number of carbonyl (C=O) groups excluding carboxylic acids is 1. The summed E-state index contributed by atoms with van der Waals surface area (Å²) >= 11 is 0. The van der Waals surface area contributed by atoms with Crippen molar-refractivity contribution in [3.05, 3.63) is 107 Å². The molecule has 0 radical (unpaired) electrons. The Morgan fingerprint density at radius 1 is 0.909 bits per heavy atom. The molecule has 4 rings (SSSR count). The largest absolute Gasteiger partial charge is 0.455 e. The van der Waals surface area contributed by atoms with E-state index in [0.717, 1.165) is 18.2 Å². The van der Waals surface area contributed by atoms with Crippen LogP contribution in [0.3, 0.4) is 0 Å². The summed E-state index contributed by atoms with van der Waals surface area (Å²) in [5.74, 6) is -1.47. The quantitative estimate of drug-likeness (QED) is 0.414. The van der Waals surface area contributed by atoms with Gasteiger partial charge in [0.25, 0.3) is 5.60 Å². The van der Waals surface area contributed by atoms with Gasteiger partial charge < -0.3 is 9.47 Å². The Morgan fingerprint density at radius 3 is 2.09 bits per heavy atom. The van der Waals surface area contributed by atoms with Crippen LogP contribution in [0.1, 0.15) is 48.1 Å². The summed E-state index contributed by atoms with van der Waals surface area (Å²) in [7, 11) is 0.878. The number of alkyl halides is 3. The molecule has 0 amide bonds. The molecule has 0 aliphatic heterocycles. The fourth-order valence-electron chi connectivity index (χ4n) is 4.82. The van der Waals surface area contributed by atoms with Gasteiger partial charge in [-0.25, -0.2) is 4.79 Å². The summed E-state index contributed by atoms with van der Waals surface area (Å²) in [4.78, 5) is 13.2. The molecule has 0 spiro atoms. The van der Waals surface area contributed by atoms with Gasteiger partial charge in [0.2, 0.25) is 0 Å². The summed E-state index contributed by atoms with van der Waals surface area (Å²) in [6, 6.07) is 24.3. The van der Waals surface area contributed by atoms with E-state index in [0.29, 0.717) is 18.4 Å². The van der Waals surface area contributed by atoms with E-state index in [2.05, 4.69) is 6.92 Å². The molecule has 3 aromatic carbocycles. The van der Waals surface area contributed by atoms with Crippen molar-refractivity contribution in [2.75, 3.05) is 7.11 Å². The average Bonchev–Trinajstić information content (AvgIpc) is 2.82. The van der Waals surface area contributed by atoms with E-state index in [1.807, 2.05) is 48.5 Å².